The average molecular weight is 240 g/mol. The van der Waals surface area contributed by atoms with Crippen LogP contribution >= 0.6 is 11.6 Å². The first-order valence-corrected chi connectivity index (χ1v) is 3.57. The summed E-state index contributed by atoms with van der Waals surface area (Å²) in [6.07, 6.45) is -4.71. The normalized spacial score (nSPS) is 10.0. The molecule has 0 heterocycles. The summed E-state index contributed by atoms with van der Waals surface area (Å²) in [4.78, 5) is 0. The molecule has 0 aliphatic carbocycles. The van der Waals surface area contributed by atoms with Crippen LogP contribution in [0.2, 0.25) is 5.02 Å². The van der Waals surface area contributed by atoms with Crippen molar-refractivity contribution in [2.24, 2.45) is 0 Å². The van der Waals surface area contributed by atoms with Crippen LogP contribution in [0.4, 0.5) is 13.2 Å². The van der Waals surface area contributed by atoms with Crippen molar-refractivity contribution in [2.75, 3.05) is 0 Å². The molecule has 0 saturated carbocycles. The third-order valence-electron chi connectivity index (χ3n) is 1.20. The molecule has 15 heavy (non-hydrogen) atoms. The number of hydrogen-bond acceptors (Lipinski definition) is 3. The Kier molecular flexibility index (Phi) is 6.43. The molecule has 0 spiro atoms. The van der Waals surface area contributed by atoms with E-state index < -0.39 is 6.36 Å². The smallest absolute Gasteiger partial charge is 0.870 e. The third-order valence-corrected chi connectivity index (χ3v) is 1.55. The molecule has 0 saturated heterocycles. The van der Waals surface area contributed by atoms with Crippen LogP contribution in [0.5, 0.6) is 5.75 Å². The molecule has 8 heteroatoms. The Bertz CT molecular complexity index is 319. The number of rotatable bonds is 1. The van der Waals surface area contributed by atoms with E-state index in [9.17, 15) is 13.2 Å². The summed E-state index contributed by atoms with van der Waals surface area (Å²) in [5.41, 5.74) is 0.0448. The van der Waals surface area contributed by atoms with Crippen molar-refractivity contribution in [3.63, 3.8) is 0 Å². The van der Waals surface area contributed by atoms with Crippen molar-refractivity contribution in [2.45, 2.75) is 6.36 Å². The summed E-state index contributed by atoms with van der Waals surface area (Å²) in [5, 5.41) is 0.189. The van der Waals surface area contributed by atoms with Crippen LogP contribution in [0.3, 0.4) is 0 Å². The van der Waals surface area contributed by atoms with E-state index in [1.54, 1.807) is 0 Å². The van der Waals surface area contributed by atoms with E-state index in [0.717, 1.165) is 12.1 Å². The Morgan fingerprint density at radius 3 is 2.13 bits per heavy atom. The number of halogens is 4. The Morgan fingerprint density at radius 1 is 1.20 bits per heavy atom. The van der Waals surface area contributed by atoms with Gasteiger partial charge in [-0.3, -0.25) is 0 Å². The predicted molar refractivity (Wildman–Crippen MR) is 47.4 cm³/mol. The van der Waals surface area contributed by atoms with Gasteiger partial charge in [-0.1, -0.05) is 0 Å². The maximum absolute atomic E-state index is 11.7. The van der Waals surface area contributed by atoms with Gasteiger partial charge < -0.3 is 11.0 Å². The first kappa shape index (κ1) is 16.5. The van der Waals surface area contributed by atoms with Gasteiger partial charge in [0.05, 0.1) is 0 Å². The molecule has 0 amide bonds. The molecular weight excluding hydrogens is 235 g/mol. The molecule has 0 radical (unpaired) electrons. The number of ether oxygens (including phenoxy) is 1. The van der Waals surface area contributed by atoms with Crippen LogP contribution in [0.15, 0.2) is 18.2 Å². The summed E-state index contributed by atoms with van der Waals surface area (Å²) in [6, 6.07) is 3.33. The van der Waals surface area contributed by atoms with E-state index in [1.165, 1.54) is 6.07 Å². The van der Waals surface area contributed by atoms with Crippen molar-refractivity contribution in [1.82, 2.24) is 0 Å². The quantitative estimate of drug-likeness (QED) is 0.701. The van der Waals surface area contributed by atoms with Gasteiger partial charge in [0.25, 0.3) is 0 Å². The summed E-state index contributed by atoms with van der Waals surface area (Å²) >= 11 is 5.49. The average Bonchev–Trinajstić information content (AvgIpc) is 1.94. The number of alkyl halides is 3. The second-order valence-corrected chi connectivity index (χ2v) is 2.64. The van der Waals surface area contributed by atoms with E-state index in [4.69, 9.17) is 19.4 Å². The standard InChI is InChI=1S/C7H3BClF3O.2H2O/c8-5-3-4(1-2-6(5)9)13-7(10,11)12;;/h1-3H;2*1H2/q+2;;/p-2. The molecule has 3 nitrogen and oxygen atoms in total. The van der Waals surface area contributed by atoms with Crippen LogP contribution < -0.4 is 10.2 Å². The SMILES string of the molecule is [B+2]c1cc(OC(F)(F)F)ccc1Cl.[OH-].[OH-]. The summed E-state index contributed by atoms with van der Waals surface area (Å²) in [5.74, 6) is -0.380. The van der Waals surface area contributed by atoms with Crippen molar-refractivity contribution >= 4 is 24.9 Å². The van der Waals surface area contributed by atoms with E-state index >= 15 is 0 Å². The maximum atomic E-state index is 11.7. The summed E-state index contributed by atoms with van der Waals surface area (Å²) < 4.78 is 38.6. The second kappa shape index (κ2) is 5.84. The first-order valence-electron chi connectivity index (χ1n) is 3.19. The fourth-order valence-electron chi connectivity index (χ4n) is 0.719. The molecule has 1 aromatic carbocycles. The molecule has 0 bridgehead atoms. The van der Waals surface area contributed by atoms with Gasteiger partial charge >= 0.3 is 78.2 Å². The fourth-order valence-corrected chi connectivity index (χ4v) is 0.837. The topological polar surface area (TPSA) is 69.2 Å². The van der Waals surface area contributed by atoms with Gasteiger partial charge in [0, 0.05) is 0 Å². The minimum atomic E-state index is -4.71. The van der Waals surface area contributed by atoms with Crippen molar-refractivity contribution in [3.05, 3.63) is 23.2 Å². The van der Waals surface area contributed by atoms with Gasteiger partial charge in [-0.25, -0.2) is 0 Å². The van der Waals surface area contributed by atoms with Crippen LogP contribution in [-0.2, 0) is 0 Å². The molecule has 1 rings (SSSR count). The van der Waals surface area contributed by atoms with Gasteiger partial charge in [0.15, 0.2) is 0 Å². The minimum Gasteiger partial charge on any atom is -0.870 e. The largest absolute Gasteiger partial charge is 0.870 e. The molecule has 0 unspecified atom stereocenters. The molecule has 0 atom stereocenters. The van der Waals surface area contributed by atoms with E-state index in [-0.39, 0.29) is 27.2 Å². The molecule has 0 aromatic heterocycles. The number of benzene rings is 1. The molecule has 82 valence electrons. The van der Waals surface area contributed by atoms with Gasteiger partial charge in [-0.05, 0) is 0 Å². The van der Waals surface area contributed by atoms with Crippen LogP contribution in [0.1, 0.15) is 0 Å². The van der Waals surface area contributed by atoms with Crippen LogP contribution in [-0.4, -0.2) is 25.2 Å². The fraction of sp³-hybridized carbons (Fsp3) is 0.143. The van der Waals surface area contributed by atoms with Gasteiger partial charge in [0.2, 0.25) is 0 Å². The van der Waals surface area contributed by atoms with Gasteiger partial charge in [0.1, 0.15) is 0 Å². The molecule has 2 N–H and O–H groups in total. The minimum absolute atomic E-state index is 0. The maximum Gasteiger partial charge on any atom is -0.870 e. The van der Waals surface area contributed by atoms with Crippen LogP contribution in [0.25, 0.3) is 0 Å². The van der Waals surface area contributed by atoms with Gasteiger partial charge in [-0.2, -0.15) is 0 Å². The molecular formula is C7H5BClF3O3. The zero-order chi connectivity index (χ0) is 10.1. The van der Waals surface area contributed by atoms with Crippen molar-refractivity contribution < 1.29 is 28.9 Å². The molecule has 1 aromatic rings. The second-order valence-electron chi connectivity index (χ2n) is 2.23. The monoisotopic (exact) mass is 240 g/mol. The van der Waals surface area contributed by atoms with E-state index in [1.807, 2.05) is 0 Å². The summed E-state index contributed by atoms with van der Waals surface area (Å²) in [6.45, 7) is 0. The Morgan fingerprint density at radius 2 is 1.73 bits per heavy atom. The molecule has 0 aliphatic heterocycles. The summed E-state index contributed by atoms with van der Waals surface area (Å²) in [7, 11) is 5.26. The number of hydrogen-bond donors (Lipinski definition) is 0. The molecule has 0 fully saturated rings. The Balaban J connectivity index is 0. The Hall–Kier alpha value is -0.915. The van der Waals surface area contributed by atoms with Crippen LogP contribution in [0, 0.1) is 0 Å². The predicted octanol–water partition coefficient (Wildman–Crippen LogP) is 1.68. The zero-order valence-corrected chi connectivity index (χ0v) is 7.88. The third kappa shape index (κ3) is 5.51. The Labute approximate surface area is 89.8 Å². The zero-order valence-electron chi connectivity index (χ0n) is 7.12. The van der Waals surface area contributed by atoms with Crippen molar-refractivity contribution in [3.8, 4) is 5.75 Å². The van der Waals surface area contributed by atoms with Crippen molar-refractivity contribution in [1.29, 1.82) is 0 Å². The van der Waals surface area contributed by atoms with E-state index in [0.29, 0.717) is 0 Å². The molecule has 0 aliphatic rings. The van der Waals surface area contributed by atoms with Gasteiger partial charge in [-0.15, -0.1) is 0 Å². The first-order chi connectivity index (χ1) is 5.88. The van der Waals surface area contributed by atoms with E-state index in [2.05, 4.69) is 4.74 Å².